The zero-order valence-electron chi connectivity index (χ0n) is 21.2. The standard InChI is InChI=1S/C29H31NO7/c1-29(2,3)37-28(32)30-22(17-31)27-20(18-7-9-23-25(15-18)35-13-11-33-23)5-4-6-21(27)19-8-10-24-26(16-19)36-14-12-34-24/h4-10,15-16,22,31H,11-14,17H2,1-3H3,(H,30,32)/t22-/m1/s1. The molecular formula is C29H31NO7. The maximum atomic E-state index is 12.8. The van der Waals surface area contributed by atoms with Crippen LogP contribution in [0.15, 0.2) is 54.6 Å². The van der Waals surface area contributed by atoms with Crippen LogP contribution in [0.4, 0.5) is 4.79 Å². The first-order chi connectivity index (χ1) is 17.8. The molecule has 0 spiro atoms. The molecule has 2 N–H and O–H groups in total. The molecule has 0 fully saturated rings. The number of fused-ring (bicyclic) bond motifs is 2. The molecule has 0 aliphatic carbocycles. The van der Waals surface area contributed by atoms with Gasteiger partial charge in [-0.05, 0) is 72.9 Å². The van der Waals surface area contributed by atoms with Crippen molar-refractivity contribution < 1.29 is 33.6 Å². The van der Waals surface area contributed by atoms with Crippen LogP contribution in [0.25, 0.3) is 22.3 Å². The summed E-state index contributed by atoms with van der Waals surface area (Å²) in [6.45, 7) is 7.00. The van der Waals surface area contributed by atoms with Crippen LogP contribution < -0.4 is 24.3 Å². The Morgan fingerprint density at radius 3 is 1.78 bits per heavy atom. The van der Waals surface area contributed by atoms with Crippen molar-refractivity contribution in [1.29, 1.82) is 0 Å². The van der Waals surface area contributed by atoms with Gasteiger partial charge in [0.2, 0.25) is 0 Å². The van der Waals surface area contributed by atoms with Crippen molar-refractivity contribution in [3.05, 3.63) is 60.2 Å². The monoisotopic (exact) mass is 505 g/mol. The number of hydrogen-bond acceptors (Lipinski definition) is 7. The summed E-state index contributed by atoms with van der Waals surface area (Å²) in [5.41, 5.74) is 3.45. The lowest BCUT2D eigenvalue weighted by molar-refractivity contribution is 0.0482. The van der Waals surface area contributed by atoms with E-state index in [0.717, 1.165) is 27.8 Å². The average Bonchev–Trinajstić information content (AvgIpc) is 2.90. The lowest BCUT2D eigenvalue weighted by Gasteiger charge is -2.27. The second-order valence-corrected chi connectivity index (χ2v) is 9.87. The first-order valence-corrected chi connectivity index (χ1v) is 12.4. The highest BCUT2D eigenvalue weighted by atomic mass is 16.6. The Morgan fingerprint density at radius 1 is 0.838 bits per heavy atom. The Kier molecular flexibility index (Phi) is 6.84. The smallest absolute Gasteiger partial charge is 0.408 e. The van der Waals surface area contributed by atoms with Gasteiger partial charge < -0.3 is 34.1 Å². The molecule has 0 unspecified atom stereocenters. The maximum Gasteiger partial charge on any atom is 0.408 e. The molecule has 0 saturated heterocycles. The van der Waals surface area contributed by atoms with Crippen molar-refractivity contribution in [2.75, 3.05) is 33.0 Å². The van der Waals surface area contributed by atoms with Gasteiger partial charge in [-0.15, -0.1) is 0 Å². The molecule has 194 valence electrons. The Balaban J connectivity index is 1.63. The molecule has 2 aliphatic heterocycles. The summed E-state index contributed by atoms with van der Waals surface area (Å²) < 4.78 is 28.5. The number of nitrogens with one attached hydrogen (secondary N) is 1. The fourth-order valence-corrected chi connectivity index (χ4v) is 4.52. The van der Waals surface area contributed by atoms with Crippen LogP contribution in [-0.2, 0) is 4.74 Å². The lowest BCUT2D eigenvalue weighted by atomic mass is 9.87. The molecule has 2 aliphatic rings. The second kappa shape index (κ2) is 10.2. The van der Waals surface area contributed by atoms with Gasteiger partial charge in [-0.3, -0.25) is 0 Å². The fourth-order valence-electron chi connectivity index (χ4n) is 4.52. The SMILES string of the molecule is CC(C)(C)OC(=O)N[C@H](CO)c1c(-c2ccc3c(c2)OCCO3)cccc1-c1ccc2c(c1)OCCO2. The lowest BCUT2D eigenvalue weighted by Crippen LogP contribution is -2.36. The molecule has 0 radical (unpaired) electrons. The van der Waals surface area contributed by atoms with Crippen molar-refractivity contribution in [3.8, 4) is 45.3 Å². The highest BCUT2D eigenvalue weighted by Crippen LogP contribution is 2.42. The van der Waals surface area contributed by atoms with Crippen LogP contribution >= 0.6 is 0 Å². The van der Waals surface area contributed by atoms with Crippen LogP contribution in [0.5, 0.6) is 23.0 Å². The molecule has 0 bridgehead atoms. The van der Waals surface area contributed by atoms with Gasteiger partial charge in [-0.2, -0.15) is 0 Å². The number of amides is 1. The van der Waals surface area contributed by atoms with E-state index in [1.165, 1.54) is 0 Å². The summed E-state index contributed by atoms with van der Waals surface area (Å²) in [6.07, 6.45) is -0.614. The first kappa shape index (κ1) is 24.8. The maximum absolute atomic E-state index is 12.8. The fraction of sp³-hybridized carbons (Fsp3) is 0.345. The highest BCUT2D eigenvalue weighted by Gasteiger charge is 2.26. The zero-order chi connectivity index (χ0) is 26.0. The van der Waals surface area contributed by atoms with Gasteiger partial charge in [0.05, 0.1) is 12.6 Å². The van der Waals surface area contributed by atoms with Gasteiger partial charge in [0.15, 0.2) is 23.0 Å². The summed E-state index contributed by atoms with van der Waals surface area (Å²) >= 11 is 0. The Bertz CT molecular complexity index is 1220. The molecule has 8 heteroatoms. The van der Waals surface area contributed by atoms with Gasteiger partial charge in [0.1, 0.15) is 32.0 Å². The summed E-state index contributed by atoms with van der Waals surface area (Å²) in [6, 6.07) is 16.6. The van der Waals surface area contributed by atoms with E-state index in [4.69, 9.17) is 23.7 Å². The molecule has 5 rings (SSSR count). The van der Waals surface area contributed by atoms with Crippen LogP contribution in [0.1, 0.15) is 32.4 Å². The van der Waals surface area contributed by atoms with Crippen molar-refractivity contribution >= 4 is 6.09 Å². The van der Waals surface area contributed by atoms with Gasteiger partial charge in [0.25, 0.3) is 0 Å². The number of benzene rings is 3. The Morgan fingerprint density at radius 2 is 1.32 bits per heavy atom. The van der Waals surface area contributed by atoms with E-state index in [2.05, 4.69) is 5.32 Å². The predicted molar refractivity (Wildman–Crippen MR) is 138 cm³/mol. The van der Waals surface area contributed by atoms with E-state index in [1.54, 1.807) is 20.8 Å². The molecule has 0 saturated carbocycles. The van der Waals surface area contributed by atoms with E-state index >= 15 is 0 Å². The number of hydrogen-bond donors (Lipinski definition) is 2. The van der Waals surface area contributed by atoms with E-state index in [-0.39, 0.29) is 6.61 Å². The summed E-state index contributed by atoms with van der Waals surface area (Å²) in [7, 11) is 0. The minimum absolute atomic E-state index is 0.335. The second-order valence-electron chi connectivity index (χ2n) is 9.87. The van der Waals surface area contributed by atoms with Gasteiger partial charge in [-0.25, -0.2) is 4.79 Å². The normalized spacial score (nSPS) is 15.0. The van der Waals surface area contributed by atoms with E-state index in [1.807, 2.05) is 54.6 Å². The topological polar surface area (TPSA) is 95.5 Å². The quantitative estimate of drug-likeness (QED) is 0.497. The predicted octanol–water partition coefficient (Wildman–Crippen LogP) is 5.12. The summed E-state index contributed by atoms with van der Waals surface area (Å²) in [5, 5.41) is 13.4. The average molecular weight is 506 g/mol. The number of aliphatic hydroxyl groups excluding tert-OH is 1. The summed E-state index contributed by atoms with van der Waals surface area (Å²) in [4.78, 5) is 12.8. The number of alkyl carbamates (subject to hydrolysis) is 1. The molecule has 1 atom stereocenters. The molecule has 1 amide bonds. The van der Waals surface area contributed by atoms with Crippen molar-refractivity contribution in [3.63, 3.8) is 0 Å². The molecule has 2 heterocycles. The minimum atomic E-state index is -0.748. The largest absolute Gasteiger partial charge is 0.486 e. The van der Waals surface area contributed by atoms with Crippen molar-refractivity contribution in [2.24, 2.45) is 0 Å². The molecule has 3 aromatic carbocycles. The van der Waals surface area contributed by atoms with Crippen LogP contribution in [0, 0.1) is 0 Å². The number of aliphatic hydroxyl groups is 1. The highest BCUT2D eigenvalue weighted by molar-refractivity contribution is 5.82. The van der Waals surface area contributed by atoms with E-state index in [0.29, 0.717) is 49.4 Å². The summed E-state index contributed by atoms with van der Waals surface area (Å²) in [5.74, 6) is 2.68. The molecular weight excluding hydrogens is 474 g/mol. The van der Waals surface area contributed by atoms with Crippen LogP contribution in [0.3, 0.4) is 0 Å². The third-order valence-electron chi connectivity index (χ3n) is 6.03. The third-order valence-corrected chi connectivity index (χ3v) is 6.03. The van der Waals surface area contributed by atoms with E-state index < -0.39 is 17.7 Å². The first-order valence-electron chi connectivity index (χ1n) is 12.4. The van der Waals surface area contributed by atoms with Gasteiger partial charge in [0, 0.05) is 0 Å². The van der Waals surface area contributed by atoms with Gasteiger partial charge >= 0.3 is 6.09 Å². The molecule has 0 aromatic heterocycles. The zero-order valence-corrected chi connectivity index (χ0v) is 21.2. The molecule has 8 nitrogen and oxygen atoms in total. The Hall–Kier alpha value is -3.91. The van der Waals surface area contributed by atoms with Crippen molar-refractivity contribution in [1.82, 2.24) is 5.32 Å². The van der Waals surface area contributed by atoms with Gasteiger partial charge in [-0.1, -0.05) is 30.3 Å². The molecule has 3 aromatic rings. The number of ether oxygens (including phenoxy) is 5. The Labute approximate surface area is 216 Å². The number of carbonyl (C=O) groups excluding carboxylic acids is 1. The minimum Gasteiger partial charge on any atom is -0.486 e. The van der Waals surface area contributed by atoms with Crippen LogP contribution in [0.2, 0.25) is 0 Å². The third kappa shape index (κ3) is 5.44. The van der Waals surface area contributed by atoms with Crippen LogP contribution in [-0.4, -0.2) is 49.8 Å². The number of rotatable bonds is 5. The van der Waals surface area contributed by atoms with E-state index in [9.17, 15) is 9.90 Å². The molecule has 37 heavy (non-hydrogen) atoms. The van der Waals surface area contributed by atoms with Crippen molar-refractivity contribution in [2.45, 2.75) is 32.4 Å². The number of carbonyl (C=O) groups is 1.